The van der Waals surface area contributed by atoms with Crippen molar-refractivity contribution in [2.45, 2.75) is 6.92 Å². The van der Waals surface area contributed by atoms with Crippen LogP contribution in [0.15, 0.2) is 54.0 Å². The minimum Gasteiger partial charge on any atom is -0.297 e. The number of aromatic nitrogens is 3. The van der Waals surface area contributed by atoms with Crippen LogP contribution in [0.4, 0.5) is 5.13 Å². The first-order valence-electron chi connectivity index (χ1n) is 8.02. The highest BCUT2D eigenvalue weighted by Crippen LogP contribution is 2.29. The number of carbonyl (C=O) groups is 1. The summed E-state index contributed by atoms with van der Waals surface area (Å²) in [6, 6.07) is 13.0. The summed E-state index contributed by atoms with van der Waals surface area (Å²) in [4.78, 5) is 26.5. The SMILES string of the molecule is Cc1nc(-c2ccccn2)sc1C(=O)Nc1nc(-c2ccc(Cl)cc2)cs1. The molecule has 0 radical (unpaired) electrons. The van der Waals surface area contributed by atoms with Gasteiger partial charge in [-0.25, -0.2) is 9.97 Å². The Morgan fingerprint density at radius 3 is 2.63 bits per heavy atom. The fraction of sp³-hybridized carbons (Fsp3) is 0.0526. The maximum Gasteiger partial charge on any atom is 0.269 e. The summed E-state index contributed by atoms with van der Waals surface area (Å²) in [5.74, 6) is -0.218. The summed E-state index contributed by atoms with van der Waals surface area (Å²) in [5, 5.41) is 6.69. The van der Waals surface area contributed by atoms with Gasteiger partial charge in [0.05, 0.1) is 17.1 Å². The van der Waals surface area contributed by atoms with Crippen LogP contribution in [0, 0.1) is 6.92 Å². The van der Waals surface area contributed by atoms with Crippen molar-refractivity contribution in [3.8, 4) is 22.0 Å². The zero-order valence-corrected chi connectivity index (χ0v) is 16.5. The third kappa shape index (κ3) is 3.90. The summed E-state index contributed by atoms with van der Waals surface area (Å²) in [7, 11) is 0. The molecule has 0 bridgehead atoms. The summed E-state index contributed by atoms with van der Waals surface area (Å²) < 4.78 is 0. The van der Waals surface area contributed by atoms with Gasteiger partial charge in [-0.15, -0.1) is 22.7 Å². The summed E-state index contributed by atoms with van der Waals surface area (Å²) in [6.45, 7) is 1.82. The van der Waals surface area contributed by atoms with Crippen molar-refractivity contribution in [3.63, 3.8) is 0 Å². The molecule has 4 aromatic rings. The molecule has 1 N–H and O–H groups in total. The molecule has 1 amide bonds. The fourth-order valence-electron chi connectivity index (χ4n) is 2.44. The van der Waals surface area contributed by atoms with Gasteiger partial charge in [0.15, 0.2) is 5.13 Å². The molecule has 134 valence electrons. The van der Waals surface area contributed by atoms with E-state index < -0.39 is 0 Å². The van der Waals surface area contributed by atoms with E-state index in [0.717, 1.165) is 22.0 Å². The second-order valence-electron chi connectivity index (χ2n) is 5.65. The van der Waals surface area contributed by atoms with E-state index in [1.807, 2.05) is 54.8 Å². The second kappa shape index (κ2) is 7.56. The van der Waals surface area contributed by atoms with Crippen molar-refractivity contribution in [1.29, 1.82) is 0 Å². The summed E-state index contributed by atoms with van der Waals surface area (Å²) >= 11 is 8.62. The van der Waals surface area contributed by atoms with Crippen LogP contribution in [0.1, 0.15) is 15.4 Å². The van der Waals surface area contributed by atoms with Gasteiger partial charge < -0.3 is 0 Å². The lowest BCUT2D eigenvalue weighted by Crippen LogP contribution is -2.11. The predicted octanol–water partition coefficient (Wildman–Crippen LogP) is 5.54. The third-order valence-electron chi connectivity index (χ3n) is 3.75. The Labute approximate surface area is 168 Å². The number of anilines is 1. The highest BCUT2D eigenvalue weighted by atomic mass is 35.5. The Hall–Kier alpha value is -2.61. The molecule has 0 aliphatic rings. The maximum absolute atomic E-state index is 12.7. The normalized spacial score (nSPS) is 10.7. The minimum absolute atomic E-state index is 0.218. The number of rotatable bonds is 4. The van der Waals surface area contributed by atoms with E-state index in [9.17, 15) is 4.79 Å². The number of nitrogens with one attached hydrogen (secondary N) is 1. The molecule has 8 heteroatoms. The van der Waals surface area contributed by atoms with Crippen LogP contribution < -0.4 is 5.32 Å². The van der Waals surface area contributed by atoms with Crippen LogP contribution in [0.25, 0.3) is 22.0 Å². The number of benzene rings is 1. The molecular weight excluding hydrogens is 400 g/mol. The Bertz CT molecular complexity index is 1090. The van der Waals surface area contributed by atoms with Gasteiger partial charge in [-0.1, -0.05) is 29.8 Å². The highest BCUT2D eigenvalue weighted by molar-refractivity contribution is 7.17. The van der Waals surface area contributed by atoms with Crippen molar-refractivity contribution in [2.24, 2.45) is 0 Å². The van der Waals surface area contributed by atoms with Crippen LogP contribution in [0.5, 0.6) is 0 Å². The molecule has 27 heavy (non-hydrogen) atoms. The van der Waals surface area contributed by atoms with Gasteiger partial charge in [-0.3, -0.25) is 15.1 Å². The Morgan fingerprint density at radius 2 is 1.89 bits per heavy atom. The molecule has 3 aromatic heterocycles. The van der Waals surface area contributed by atoms with E-state index >= 15 is 0 Å². The third-order valence-corrected chi connectivity index (χ3v) is 5.94. The number of pyridine rings is 1. The Balaban J connectivity index is 1.53. The van der Waals surface area contributed by atoms with Crippen molar-refractivity contribution in [1.82, 2.24) is 15.0 Å². The van der Waals surface area contributed by atoms with E-state index in [1.165, 1.54) is 22.7 Å². The molecule has 4 rings (SSSR count). The number of carbonyl (C=O) groups excluding carboxylic acids is 1. The highest BCUT2D eigenvalue weighted by Gasteiger charge is 2.18. The molecular formula is C19H13ClN4OS2. The number of hydrogen-bond acceptors (Lipinski definition) is 6. The minimum atomic E-state index is -0.218. The lowest BCUT2D eigenvalue weighted by molar-refractivity contribution is 0.103. The summed E-state index contributed by atoms with van der Waals surface area (Å²) in [5.41, 5.74) is 3.17. The van der Waals surface area contributed by atoms with Crippen LogP contribution in [0.3, 0.4) is 0 Å². The largest absolute Gasteiger partial charge is 0.297 e. The van der Waals surface area contributed by atoms with Gasteiger partial charge in [-0.2, -0.15) is 0 Å². The van der Waals surface area contributed by atoms with Crippen LogP contribution in [0.2, 0.25) is 5.02 Å². The number of hydrogen-bond donors (Lipinski definition) is 1. The first-order chi connectivity index (χ1) is 13.1. The smallest absolute Gasteiger partial charge is 0.269 e. The molecule has 0 unspecified atom stereocenters. The van der Waals surface area contributed by atoms with Crippen LogP contribution in [-0.2, 0) is 0 Å². The Kier molecular flexibility index (Phi) is 4.98. The van der Waals surface area contributed by atoms with Gasteiger partial charge >= 0.3 is 0 Å². The van der Waals surface area contributed by atoms with Gasteiger partial charge in [0, 0.05) is 22.2 Å². The molecule has 0 saturated carbocycles. The lowest BCUT2D eigenvalue weighted by Gasteiger charge is -1.99. The molecule has 0 atom stereocenters. The number of thiazole rings is 2. The number of halogens is 1. The van der Waals surface area contributed by atoms with Crippen molar-refractivity contribution in [3.05, 3.63) is 69.6 Å². The van der Waals surface area contributed by atoms with Crippen LogP contribution in [-0.4, -0.2) is 20.9 Å². The maximum atomic E-state index is 12.7. The zero-order valence-electron chi connectivity index (χ0n) is 14.1. The monoisotopic (exact) mass is 412 g/mol. The number of nitrogens with zero attached hydrogens (tertiary/aromatic N) is 3. The van der Waals surface area contributed by atoms with Gasteiger partial charge in [0.1, 0.15) is 9.88 Å². The first-order valence-corrected chi connectivity index (χ1v) is 10.1. The topological polar surface area (TPSA) is 67.8 Å². The molecule has 1 aromatic carbocycles. The van der Waals surface area contributed by atoms with Gasteiger partial charge in [-0.05, 0) is 31.2 Å². The molecule has 0 aliphatic heterocycles. The quantitative estimate of drug-likeness (QED) is 0.477. The first kappa shape index (κ1) is 17.8. The van der Waals surface area contributed by atoms with E-state index in [2.05, 4.69) is 20.3 Å². The van der Waals surface area contributed by atoms with E-state index in [0.29, 0.717) is 20.7 Å². The average molecular weight is 413 g/mol. The predicted molar refractivity (Wildman–Crippen MR) is 111 cm³/mol. The molecule has 0 aliphatic carbocycles. The summed E-state index contributed by atoms with van der Waals surface area (Å²) in [6.07, 6.45) is 1.71. The van der Waals surface area contributed by atoms with Crippen LogP contribution >= 0.6 is 34.3 Å². The zero-order chi connectivity index (χ0) is 18.8. The van der Waals surface area contributed by atoms with Crippen molar-refractivity contribution < 1.29 is 4.79 Å². The molecule has 5 nitrogen and oxygen atoms in total. The number of aryl methyl sites for hydroxylation is 1. The van der Waals surface area contributed by atoms with E-state index in [4.69, 9.17) is 11.6 Å². The number of amides is 1. The van der Waals surface area contributed by atoms with Crippen molar-refractivity contribution in [2.75, 3.05) is 5.32 Å². The molecule has 3 heterocycles. The molecule has 0 fully saturated rings. The second-order valence-corrected chi connectivity index (χ2v) is 7.94. The lowest BCUT2D eigenvalue weighted by atomic mass is 10.2. The average Bonchev–Trinajstić information content (AvgIpc) is 3.30. The molecule has 0 spiro atoms. The van der Waals surface area contributed by atoms with Crippen molar-refractivity contribution >= 4 is 45.3 Å². The van der Waals surface area contributed by atoms with E-state index in [1.54, 1.807) is 6.20 Å². The van der Waals surface area contributed by atoms with E-state index in [-0.39, 0.29) is 5.91 Å². The van der Waals surface area contributed by atoms with Gasteiger partial charge in [0.25, 0.3) is 5.91 Å². The fourth-order valence-corrected chi connectivity index (χ4v) is 4.22. The molecule has 0 saturated heterocycles. The van der Waals surface area contributed by atoms with Gasteiger partial charge in [0.2, 0.25) is 0 Å². The standard InChI is InChI=1S/C19H13ClN4OS2/c1-11-16(27-18(22-11)14-4-2-3-9-21-14)17(25)24-19-23-15(10-26-19)12-5-7-13(20)8-6-12/h2-10H,1H3,(H,23,24,25). The Morgan fingerprint density at radius 1 is 1.07 bits per heavy atom.